The van der Waals surface area contributed by atoms with E-state index >= 15 is 0 Å². The number of hydrogen-bond acceptors (Lipinski definition) is 4. The molecule has 3 rings (SSSR count). The third kappa shape index (κ3) is 4.12. The molecule has 1 fully saturated rings. The Bertz CT molecular complexity index is 748. The van der Waals surface area contributed by atoms with Crippen LogP contribution in [0.4, 0.5) is 0 Å². The predicted molar refractivity (Wildman–Crippen MR) is 99.0 cm³/mol. The van der Waals surface area contributed by atoms with Gasteiger partial charge in [0, 0.05) is 30.5 Å². The van der Waals surface area contributed by atoms with Gasteiger partial charge in [0.1, 0.15) is 0 Å². The minimum atomic E-state index is 0.00126. The zero-order valence-corrected chi connectivity index (χ0v) is 16.0. The van der Waals surface area contributed by atoms with Crippen molar-refractivity contribution >= 4 is 21.8 Å². The maximum absolute atomic E-state index is 13.1. The van der Waals surface area contributed by atoms with E-state index in [1.165, 1.54) is 0 Å². The standard InChI is InChI=1S/C19H21BrN2O3/c1-3-25-18-16(20)10-14(11-17(18)24-2)19(23)22(15-4-5-15)12-13-6-8-21-9-7-13/h6-11,15H,3-5,12H2,1-2H3. The molecule has 1 amide bonds. The van der Waals surface area contributed by atoms with Crippen molar-refractivity contribution in [2.45, 2.75) is 32.4 Å². The minimum absolute atomic E-state index is 0.00126. The second-order valence-corrected chi connectivity index (χ2v) is 6.80. The van der Waals surface area contributed by atoms with Gasteiger partial charge in [-0.1, -0.05) is 0 Å². The lowest BCUT2D eigenvalue weighted by atomic mass is 10.1. The summed E-state index contributed by atoms with van der Waals surface area (Å²) < 4.78 is 11.7. The minimum Gasteiger partial charge on any atom is -0.493 e. The van der Waals surface area contributed by atoms with Gasteiger partial charge in [-0.15, -0.1) is 0 Å². The lowest BCUT2D eigenvalue weighted by Crippen LogP contribution is -2.32. The summed E-state index contributed by atoms with van der Waals surface area (Å²) in [6.45, 7) is 3.02. The van der Waals surface area contributed by atoms with Gasteiger partial charge in [0.15, 0.2) is 11.5 Å². The highest BCUT2D eigenvalue weighted by molar-refractivity contribution is 9.10. The van der Waals surface area contributed by atoms with Crippen LogP contribution in [0.5, 0.6) is 11.5 Å². The van der Waals surface area contributed by atoms with Crippen LogP contribution in [-0.2, 0) is 6.54 Å². The van der Waals surface area contributed by atoms with Crippen molar-refractivity contribution in [3.05, 3.63) is 52.3 Å². The fourth-order valence-corrected chi connectivity index (χ4v) is 3.29. The van der Waals surface area contributed by atoms with E-state index < -0.39 is 0 Å². The Kier molecular flexibility index (Phi) is 5.58. The highest BCUT2D eigenvalue weighted by Gasteiger charge is 2.33. The monoisotopic (exact) mass is 404 g/mol. The van der Waals surface area contributed by atoms with Crippen LogP contribution in [0.2, 0.25) is 0 Å². The maximum Gasteiger partial charge on any atom is 0.254 e. The van der Waals surface area contributed by atoms with E-state index in [1.54, 1.807) is 31.6 Å². The number of benzene rings is 1. The van der Waals surface area contributed by atoms with E-state index in [9.17, 15) is 4.79 Å². The van der Waals surface area contributed by atoms with Gasteiger partial charge >= 0.3 is 0 Å². The number of rotatable bonds is 7. The average Bonchev–Trinajstić information content (AvgIpc) is 3.46. The number of amides is 1. The van der Waals surface area contributed by atoms with Gasteiger partial charge in [0.05, 0.1) is 18.2 Å². The molecule has 1 aromatic heterocycles. The Hall–Kier alpha value is -2.08. The van der Waals surface area contributed by atoms with Crippen molar-refractivity contribution in [3.63, 3.8) is 0 Å². The largest absolute Gasteiger partial charge is 0.493 e. The van der Waals surface area contributed by atoms with E-state index in [0.717, 1.165) is 22.9 Å². The summed E-state index contributed by atoms with van der Waals surface area (Å²) in [7, 11) is 1.58. The van der Waals surface area contributed by atoms with Gasteiger partial charge in [-0.05, 0) is 65.5 Å². The number of methoxy groups -OCH3 is 1. The number of ether oxygens (including phenoxy) is 2. The summed E-state index contributed by atoms with van der Waals surface area (Å²) >= 11 is 3.49. The maximum atomic E-state index is 13.1. The van der Waals surface area contributed by atoms with Crippen LogP contribution < -0.4 is 9.47 Å². The second-order valence-electron chi connectivity index (χ2n) is 5.94. The first kappa shape index (κ1) is 17.7. The summed E-state index contributed by atoms with van der Waals surface area (Å²) in [6.07, 6.45) is 5.60. The first-order chi connectivity index (χ1) is 12.1. The van der Waals surface area contributed by atoms with Crippen molar-refractivity contribution in [1.29, 1.82) is 0 Å². The van der Waals surface area contributed by atoms with Gasteiger partial charge in [0.2, 0.25) is 0 Å². The molecule has 1 aromatic carbocycles. The van der Waals surface area contributed by atoms with E-state index in [-0.39, 0.29) is 5.91 Å². The first-order valence-electron chi connectivity index (χ1n) is 8.34. The van der Waals surface area contributed by atoms with E-state index in [1.807, 2.05) is 24.0 Å². The smallest absolute Gasteiger partial charge is 0.254 e. The number of pyridine rings is 1. The molecular weight excluding hydrogens is 384 g/mol. The van der Waals surface area contributed by atoms with Crippen LogP contribution in [-0.4, -0.2) is 35.5 Å². The molecule has 1 saturated carbocycles. The third-order valence-corrected chi connectivity index (χ3v) is 4.70. The summed E-state index contributed by atoms with van der Waals surface area (Å²) in [5.74, 6) is 1.18. The molecule has 0 spiro atoms. The fraction of sp³-hybridized carbons (Fsp3) is 0.368. The number of halogens is 1. The van der Waals surface area contributed by atoms with Crippen LogP contribution in [0.3, 0.4) is 0 Å². The molecule has 1 heterocycles. The number of hydrogen-bond donors (Lipinski definition) is 0. The highest BCUT2D eigenvalue weighted by Crippen LogP contribution is 2.38. The number of carbonyl (C=O) groups excluding carboxylic acids is 1. The van der Waals surface area contributed by atoms with Gasteiger partial charge in [-0.2, -0.15) is 0 Å². The number of carbonyl (C=O) groups is 1. The van der Waals surface area contributed by atoms with Crippen molar-refractivity contribution in [2.24, 2.45) is 0 Å². The molecule has 0 unspecified atom stereocenters. The zero-order chi connectivity index (χ0) is 17.8. The zero-order valence-electron chi connectivity index (χ0n) is 14.4. The molecule has 0 atom stereocenters. The average molecular weight is 405 g/mol. The second kappa shape index (κ2) is 7.87. The topological polar surface area (TPSA) is 51.7 Å². The highest BCUT2D eigenvalue weighted by atomic mass is 79.9. The Morgan fingerprint density at radius 3 is 2.64 bits per heavy atom. The van der Waals surface area contributed by atoms with Crippen molar-refractivity contribution in [1.82, 2.24) is 9.88 Å². The van der Waals surface area contributed by atoms with E-state index in [4.69, 9.17) is 9.47 Å². The Morgan fingerprint density at radius 1 is 1.32 bits per heavy atom. The van der Waals surface area contributed by atoms with Crippen molar-refractivity contribution in [3.8, 4) is 11.5 Å². The summed E-state index contributed by atoms with van der Waals surface area (Å²) in [4.78, 5) is 19.1. The fourth-order valence-electron chi connectivity index (χ4n) is 2.73. The SMILES string of the molecule is CCOc1c(Br)cc(C(=O)N(Cc2ccncc2)C2CC2)cc1OC. The number of aromatic nitrogens is 1. The van der Waals surface area contributed by atoms with Crippen LogP contribution in [0.25, 0.3) is 0 Å². The van der Waals surface area contributed by atoms with Crippen LogP contribution >= 0.6 is 15.9 Å². The summed E-state index contributed by atoms with van der Waals surface area (Å²) in [6, 6.07) is 7.74. The molecule has 0 bridgehead atoms. The Morgan fingerprint density at radius 2 is 2.04 bits per heavy atom. The molecule has 1 aliphatic rings. The molecule has 0 N–H and O–H groups in total. The summed E-state index contributed by atoms with van der Waals surface area (Å²) in [5, 5.41) is 0. The van der Waals surface area contributed by atoms with E-state index in [2.05, 4.69) is 20.9 Å². The molecule has 0 aliphatic heterocycles. The molecule has 1 aliphatic carbocycles. The normalized spacial score (nSPS) is 13.4. The van der Waals surface area contributed by atoms with Crippen LogP contribution in [0.1, 0.15) is 35.7 Å². The third-order valence-electron chi connectivity index (χ3n) is 4.12. The quantitative estimate of drug-likeness (QED) is 0.697. The summed E-state index contributed by atoms with van der Waals surface area (Å²) in [5.41, 5.74) is 1.67. The molecule has 6 heteroatoms. The van der Waals surface area contributed by atoms with Crippen molar-refractivity contribution in [2.75, 3.05) is 13.7 Å². The lowest BCUT2D eigenvalue weighted by Gasteiger charge is -2.23. The van der Waals surface area contributed by atoms with Gasteiger partial charge in [-0.25, -0.2) is 0 Å². The molecule has 132 valence electrons. The Balaban J connectivity index is 1.88. The van der Waals surface area contributed by atoms with Crippen LogP contribution in [0, 0.1) is 0 Å². The lowest BCUT2D eigenvalue weighted by molar-refractivity contribution is 0.0729. The molecule has 0 saturated heterocycles. The van der Waals surface area contributed by atoms with Gasteiger partial charge in [-0.3, -0.25) is 9.78 Å². The Labute approximate surface area is 156 Å². The number of nitrogens with zero attached hydrogens (tertiary/aromatic N) is 2. The molecule has 2 aromatic rings. The van der Waals surface area contributed by atoms with Gasteiger partial charge in [0.25, 0.3) is 5.91 Å². The molecule has 5 nitrogen and oxygen atoms in total. The molecule has 25 heavy (non-hydrogen) atoms. The molecular formula is C19H21BrN2O3. The van der Waals surface area contributed by atoms with Gasteiger partial charge < -0.3 is 14.4 Å². The first-order valence-corrected chi connectivity index (χ1v) is 9.13. The van der Waals surface area contributed by atoms with Crippen LogP contribution in [0.15, 0.2) is 41.1 Å². The molecule has 0 radical (unpaired) electrons. The predicted octanol–water partition coefficient (Wildman–Crippen LogP) is 4.06. The van der Waals surface area contributed by atoms with E-state index in [0.29, 0.717) is 36.3 Å². The van der Waals surface area contributed by atoms with Crippen molar-refractivity contribution < 1.29 is 14.3 Å².